The predicted molar refractivity (Wildman–Crippen MR) is 131 cm³/mol. The number of Topliss-reactive ketones (excluding diaryl/α,β-unsaturated/α-hetero) is 1. The molecule has 0 spiro atoms. The number of amides is 3. The molecule has 0 radical (unpaired) electrons. The van der Waals surface area contributed by atoms with Crippen LogP contribution < -0.4 is 27.2 Å². The van der Waals surface area contributed by atoms with Crippen molar-refractivity contribution in [3.63, 3.8) is 0 Å². The molecule has 13 heteroatoms. The van der Waals surface area contributed by atoms with E-state index in [1.165, 1.54) is 30.3 Å². The second-order valence-electron chi connectivity index (χ2n) is 9.12. The first-order valence-corrected chi connectivity index (χ1v) is 11.3. The molecule has 0 saturated carbocycles. The lowest BCUT2D eigenvalue weighted by atomic mass is 9.85. The van der Waals surface area contributed by atoms with Gasteiger partial charge in [0.2, 0.25) is 5.91 Å². The van der Waals surface area contributed by atoms with E-state index in [1.807, 2.05) is 10.9 Å². The van der Waals surface area contributed by atoms with Gasteiger partial charge in [-0.2, -0.15) is 13.2 Å². The van der Waals surface area contributed by atoms with Crippen LogP contribution >= 0.6 is 11.6 Å². The third kappa shape index (κ3) is 8.46. The summed E-state index contributed by atoms with van der Waals surface area (Å²) in [6.45, 7) is 3.87. The van der Waals surface area contributed by atoms with E-state index in [2.05, 4.69) is 10.6 Å². The van der Waals surface area contributed by atoms with E-state index in [4.69, 9.17) is 17.3 Å². The van der Waals surface area contributed by atoms with Crippen molar-refractivity contribution in [1.82, 2.24) is 21.5 Å². The van der Waals surface area contributed by atoms with Gasteiger partial charge in [-0.3, -0.25) is 24.6 Å². The number of benzene rings is 2. The number of nitrogens with two attached hydrogens (primary N) is 1. The molecule has 2 aromatic rings. The molecule has 0 aliphatic heterocycles. The molecule has 3 amide bonds. The topological polar surface area (TPSA) is 142 Å². The Kier molecular flexibility index (Phi) is 9.65. The lowest BCUT2D eigenvalue weighted by Crippen LogP contribution is -2.56. The highest BCUT2D eigenvalue weighted by Gasteiger charge is 2.38. The summed E-state index contributed by atoms with van der Waals surface area (Å²) in [6, 6.07) is 9.60. The van der Waals surface area contributed by atoms with Gasteiger partial charge in [0.1, 0.15) is 12.1 Å². The molecule has 2 unspecified atom stereocenters. The normalized spacial score (nSPS) is 13.3. The van der Waals surface area contributed by atoms with Crippen molar-refractivity contribution in [2.24, 2.45) is 5.41 Å². The van der Waals surface area contributed by atoms with Gasteiger partial charge in [0.05, 0.1) is 17.3 Å². The van der Waals surface area contributed by atoms with Crippen LogP contribution in [0, 0.1) is 5.41 Å². The number of alkyl halides is 3. The minimum absolute atomic E-state index is 0.150. The first-order valence-electron chi connectivity index (χ1n) is 10.9. The van der Waals surface area contributed by atoms with Crippen molar-refractivity contribution < 1.29 is 32.3 Å². The molecule has 0 aliphatic carbocycles. The highest BCUT2D eigenvalue weighted by atomic mass is 35.5. The lowest BCUT2D eigenvalue weighted by Gasteiger charge is -2.32. The summed E-state index contributed by atoms with van der Waals surface area (Å²) in [4.78, 5) is 50.0. The molecule has 6 N–H and O–H groups in total. The molecule has 0 aromatic heterocycles. The smallest absolute Gasteiger partial charge is 0.398 e. The summed E-state index contributed by atoms with van der Waals surface area (Å²) in [6.07, 6.45) is -5.07. The number of rotatable bonds is 9. The van der Waals surface area contributed by atoms with Crippen LogP contribution in [-0.4, -0.2) is 42.3 Å². The summed E-state index contributed by atoms with van der Waals surface area (Å²) < 4.78 is 37.3. The molecule has 37 heavy (non-hydrogen) atoms. The fourth-order valence-corrected chi connectivity index (χ4v) is 3.29. The largest absolute Gasteiger partial charge is 0.451 e. The standard InChI is InChI=1S/C24H27ClF3N5O4/c1-23(2,3)19(32-20(35)14-9-10-16(29)15(25)11-14)22(37)31-18(13-7-5-4-6-8-13)21(36)33-30-12-17(34)24(26,27)28/h4-11,18-19,30H,12,29H2,1-3H3,(H,31,37)(H,32,35)(H,33,36). The molecular weight excluding hydrogens is 515 g/mol. The van der Waals surface area contributed by atoms with Crippen LogP contribution in [0.3, 0.4) is 0 Å². The Labute approximate surface area is 216 Å². The van der Waals surface area contributed by atoms with Crippen LogP contribution in [-0.2, 0) is 14.4 Å². The zero-order chi connectivity index (χ0) is 28.0. The van der Waals surface area contributed by atoms with E-state index >= 15 is 0 Å². The fourth-order valence-electron chi connectivity index (χ4n) is 3.11. The maximum atomic E-state index is 13.3. The van der Waals surface area contributed by atoms with Gasteiger partial charge in [-0.15, -0.1) is 0 Å². The number of hydrogen-bond acceptors (Lipinski definition) is 6. The fraction of sp³-hybridized carbons (Fsp3) is 0.333. The van der Waals surface area contributed by atoms with Crippen LogP contribution in [0.2, 0.25) is 5.02 Å². The molecule has 2 rings (SSSR count). The lowest BCUT2D eigenvalue weighted by molar-refractivity contribution is -0.170. The van der Waals surface area contributed by atoms with E-state index in [0.717, 1.165) is 0 Å². The third-order valence-corrected chi connectivity index (χ3v) is 5.45. The summed E-state index contributed by atoms with van der Waals surface area (Å²) in [7, 11) is 0. The van der Waals surface area contributed by atoms with Gasteiger partial charge in [0.15, 0.2) is 0 Å². The number of carbonyl (C=O) groups is 4. The van der Waals surface area contributed by atoms with Gasteiger partial charge < -0.3 is 16.4 Å². The number of nitrogens with one attached hydrogen (secondary N) is 4. The average Bonchev–Trinajstić information content (AvgIpc) is 2.81. The number of halogens is 4. The van der Waals surface area contributed by atoms with Crippen molar-refractivity contribution >= 4 is 40.8 Å². The molecular formula is C24H27ClF3N5O4. The maximum absolute atomic E-state index is 13.3. The van der Waals surface area contributed by atoms with Crippen molar-refractivity contribution in [2.75, 3.05) is 12.3 Å². The summed E-state index contributed by atoms with van der Waals surface area (Å²) >= 11 is 5.99. The van der Waals surface area contributed by atoms with E-state index in [9.17, 15) is 32.3 Å². The van der Waals surface area contributed by atoms with Crippen LogP contribution in [0.1, 0.15) is 42.7 Å². The Morgan fingerprint density at radius 3 is 2.11 bits per heavy atom. The van der Waals surface area contributed by atoms with Crippen LogP contribution in [0.4, 0.5) is 18.9 Å². The van der Waals surface area contributed by atoms with Crippen molar-refractivity contribution in [3.05, 3.63) is 64.7 Å². The van der Waals surface area contributed by atoms with Gasteiger partial charge in [-0.25, -0.2) is 5.43 Å². The Balaban J connectivity index is 2.23. The molecule has 0 fully saturated rings. The van der Waals surface area contributed by atoms with E-state index in [-0.39, 0.29) is 16.3 Å². The van der Waals surface area contributed by atoms with Crippen molar-refractivity contribution in [3.8, 4) is 0 Å². The molecule has 0 bridgehead atoms. The predicted octanol–water partition coefficient (Wildman–Crippen LogP) is 2.68. The Bertz CT molecular complexity index is 1150. The maximum Gasteiger partial charge on any atom is 0.451 e. The quantitative estimate of drug-likeness (QED) is 0.244. The number of carbonyl (C=O) groups excluding carboxylic acids is 4. The SMILES string of the molecule is CC(C)(C)C(NC(=O)c1ccc(N)c(Cl)c1)C(=O)NC(C(=O)NNCC(=O)C(F)(F)F)c1ccccc1. The molecule has 200 valence electrons. The number of anilines is 1. The highest BCUT2D eigenvalue weighted by molar-refractivity contribution is 6.33. The van der Waals surface area contributed by atoms with Gasteiger partial charge in [-0.05, 0) is 29.2 Å². The molecule has 0 aliphatic rings. The molecule has 0 saturated heterocycles. The third-order valence-electron chi connectivity index (χ3n) is 5.12. The summed E-state index contributed by atoms with van der Waals surface area (Å²) in [5, 5.41) is 5.30. The Morgan fingerprint density at radius 2 is 1.57 bits per heavy atom. The van der Waals surface area contributed by atoms with E-state index in [1.54, 1.807) is 39.0 Å². The van der Waals surface area contributed by atoms with Crippen molar-refractivity contribution in [2.45, 2.75) is 39.0 Å². The minimum Gasteiger partial charge on any atom is -0.398 e. The Hall–Kier alpha value is -3.64. The average molecular weight is 542 g/mol. The highest BCUT2D eigenvalue weighted by Crippen LogP contribution is 2.24. The van der Waals surface area contributed by atoms with Crippen LogP contribution in [0.5, 0.6) is 0 Å². The molecule has 0 heterocycles. The van der Waals surface area contributed by atoms with Gasteiger partial charge in [0, 0.05) is 5.56 Å². The first-order chi connectivity index (χ1) is 17.1. The monoisotopic (exact) mass is 541 g/mol. The minimum atomic E-state index is -5.07. The number of nitrogen functional groups attached to an aromatic ring is 1. The first kappa shape index (κ1) is 29.6. The number of ketones is 1. The molecule has 9 nitrogen and oxygen atoms in total. The van der Waals surface area contributed by atoms with Gasteiger partial charge in [-0.1, -0.05) is 62.7 Å². The summed E-state index contributed by atoms with van der Waals surface area (Å²) in [5.74, 6) is -4.38. The van der Waals surface area contributed by atoms with Gasteiger partial charge >= 0.3 is 6.18 Å². The van der Waals surface area contributed by atoms with E-state index in [0.29, 0.717) is 5.56 Å². The second kappa shape index (κ2) is 12.1. The Morgan fingerprint density at radius 1 is 0.946 bits per heavy atom. The zero-order valence-corrected chi connectivity index (χ0v) is 21.0. The van der Waals surface area contributed by atoms with E-state index < -0.39 is 53.7 Å². The number of hydrogen-bond donors (Lipinski definition) is 5. The molecule has 2 aromatic carbocycles. The van der Waals surface area contributed by atoms with Gasteiger partial charge in [0.25, 0.3) is 17.6 Å². The summed E-state index contributed by atoms with van der Waals surface area (Å²) in [5.41, 5.74) is 9.50. The van der Waals surface area contributed by atoms with Crippen LogP contribution in [0.15, 0.2) is 48.5 Å². The molecule has 2 atom stereocenters. The van der Waals surface area contributed by atoms with Crippen LogP contribution in [0.25, 0.3) is 0 Å². The second-order valence-corrected chi connectivity index (χ2v) is 9.53. The number of hydrazine groups is 1. The van der Waals surface area contributed by atoms with Crippen molar-refractivity contribution in [1.29, 1.82) is 0 Å². The zero-order valence-electron chi connectivity index (χ0n) is 20.2.